The number of carbonyl (C=O) groups excluding carboxylic acids is 1. The fraction of sp³-hybridized carbons (Fsp3) is 0.0169. The van der Waals surface area contributed by atoms with Crippen LogP contribution in [-0.2, 0) is 9.13 Å². The summed E-state index contributed by atoms with van der Waals surface area (Å²) in [5.74, 6) is -3.51. The number of aromatic nitrogens is 1. The summed E-state index contributed by atoms with van der Waals surface area (Å²) < 4.78 is 72.9. The Labute approximate surface area is 453 Å². The fourth-order valence-corrected chi connectivity index (χ4v) is 13.9. The predicted molar refractivity (Wildman–Crippen MR) is 281 cm³/mol. The summed E-state index contributed by atoms with van der Waals surface area (Å²) in [4.78, 5) is 23.7. The van der Waals surface area contributed by atoms with E-state index in [4.69, 9.17) is 4.42 Å². The van der Waals surface area contributed by atoms with Crippen LogP contribution in [0.1, 0.15) is 10.4 Å². The topological polar surface area (TPSA) is 107 Å². The molecule has 72 heavy (non-hydrogen) atoms. The van der Waals surface area contributed by atoms with Crippen molar-refractivity contribution < 1.29 is 86.0 Å². The van der Waals surface area contributed by atoms with Crippen molar-refractivity contribution >= 4 is 84.7 Å². The number of halogens is 3. The van der Waals surface area contributed by atoms with E-state index in [9.17, 15) is 37.0 Å². The maximum Gasteiger partial charge on any atom is 0.455 e. The minimum Gasteiger partial charge on any atom is -0.506 e. The Kier molecular flexibility index (Phi) is 16.0. The van der Waals surface area contributed by atoms with Gasteiger partial charge in [0.25, 0.3) is 5.78 Å². The number of hydrogen-bond acceptors (Lipinski definition) is 6. The summed E-state index contributed by atoms with van der Waals surface area (Å²) in [5, 5.41) is 17.3. The van der Waals surface area contributed by atoms with Crippen molar-refractivity contribution in [1.82, 2.24) is 4.57 Å². The molecule has 11 aromatic rings. The van der Waals surface area contributed by atoms with Crippen LogP contribution in [0.5, 0.6) is 5.75 Å². The second kappa shape index (κ2) is 22.4. The number of hydrogen-bond donors (Lipinski definition) is 1. The Balaban J connectivity index is 0.000000149. The van der Waals surface area contributed by atoms with Crippen LogP contribution in [0.25, 0.3) is 38.5 Å². The molecule has 0 spiro atoms. The third kappa shape index (κ3) is 10.3. The molecule has 9 aromatic carbocycles. The minimum absolute atomic E-state index is 0. The first-order valence-electron chi connectivity index (χ1n) is 22.3. The van der Waals surface area contributed by atoms with Crippen molar-refractivity contribution in [2.24, 2.45) is 0 Å². The van der Waals surface area contributed by atoms with Crippen molar-refractivity contribution in [2.45, 2.75) is 6.18 Å². The predicted octanol–water partition coefficient (Wildman–Crippen LogP) is 12.0. The Bertz CT molecular complexity index is 3410. The van der Waals surface area contributed by atoms with Gasteiger partial charge in [-0.15, -0.1) is 0 Å². The molecular weight excluding hydrogens is 1090 g/mol. The van der Waals surface area contributed by atoms with Gasteiger partial charge in [-0.2, -0.15) is 13.2 Å². The average molecular weight is 1130 g/mol. The van der Waals surface area contributed by atoms with E-state index in [2.05, 4.69) is 0 Å². The Morgan fingerprint density at radius 3 is 1.07 bits per heavy atom. The van der Waals surface area contributed by atoms with E-state index in [1.54, 1.807) is 6.07 Å². The molecule has 11 rings (SSSR count). The first kappa shape index (κ1) is 51.6. The summed E-state index contributed by atoms with van der Waals surface area (Å²) in [6, 6.07) is 78.0. The number of nitrogens with zero attached hydrogens (tertiary/aromatic N) is 1. The first-order chi connectivity index (χ1) is 34.4. The molecular formula is C59H42EuF3NO6P2. The van der Waals surface area contributed by atoms with Gasteiger partial charge in [0, 0.05) is 104 Å². The SMILES string of the molecule is O=C(c1c(O)c2ccc(-n3c4ccccc4c4ccccc43)cc2oc1=O)C(F)(F)F.O=P(c1ccccc1)(c1ccccc1)c1ccccc1.O=P(c1ccccc1)(c1ccccc1)c1ccccc1.[Eu]. The van der Waals surface area contributed by atoms with E-state index in [1.165, 1.54) is 12.1 Å². The number of ketones is 1. The third-order valence-electron chi connectivity index (χ3n) is 11.9. The number of para-hydroxylation sites is 2. The van der Waals surface area contributed by atoms with Gasteiger partial charge in [0.05, 0.1) is 16.4 Å². The standard InChI is InChI=1S/C23H12F3NO4.2C18H15OP.Eu/c24-23(25,26)21(29)19-20(28)15-10-9-12(11-18(15)31-22(19)30)27-16-7-3-1-5-13(16)14-6-2-4-8-17(14)27;2*19-20(16-10-4-1-5-11-16,17-12-6-2-7-13-17)18-14-8-3-9-15-18;/h1-11,28H;2*1-15H;. The van der Waals surface area contributed by atoms with Gasteiger partial charge in [-0.1, -0.05) is 218 Å². The van der Waals surface area contributed by atoms with Crippen LogP contribution in [0.15, 0.2) is 258 Å². The van der Waals surface area contributed by atoms with Crippen molar-refractivity contribution in [2.75, 3.05) is 0 Å². The van der Waals surface area contributed by atoms with Gasteiger partial charge in [-0.3, -0.25) is 4.79 Å². The molecule has 0 bridgehead atoms. The van der Waals surface area contributed by atoms with Crippen LogP contribution in [-0.4, -0.2) is 21.6 Å². The maximum absolute atomic E-state index is 13.8. The van der Waals surface area contributed by atoms with Crippen LogP contribution < -0.4 is 37.5 Å². The Morgan fingerprint density at radius 2 is 0.750 bits per heavy atom. The Morgan fingerprint density at radius 1 is 0.444 bits per heavy atom. The summed E-state index contributed by atoms with van der Waals surface area (Å²) in [5.41, 5.74) is -0.795. The van der Waals surface area contributed by atoms with Gasteiger partial charge in [0.1, 0.15) is 11.3 Å². The minimum atomic E-state index is -5.32. The monoisotopic (exact) mass is 1130 g/mol. The molecule has 0 atom stereocenters. The molecule has 13 heteroatoms. The van der Waals surface area contributed by atoms with E-state index in [1.807, 2.05) is 235 Å². The summed E-state index contributed by atoms with van der Waals surface area (Å²) >= 11 is 0. The Hall–Kier alpha value is -6.71. The number of benzene rings is 9. The number of carbonyl (C=O) groups is 1. The van der Waals surface area contributed by atoms with E-state index in [0.717, 1.165) is 53.6 Å². The van der Waals surface area contributed by atoms with Gasteiger partial charge in [-0.05, 0) is 24.3 Å². The van der Waals surface area contributed by atoms with E-state index < -0.39 is 43.2 Å². The van der Waals surface area contributed by atoms with E-state index in [-0.39, 0.29) is 60.3 Å². The summed E-state index contributed by atoms with van der Waals surface area (Å²) in [6.07, 6.45) is -5.32. The van der Waals surface area contributed by atoms with Crippen LogP contribution >= 0.6 is 14.3 Å². The molecule has 2 heterocycles. The second-order valence-electron chi connectivity index (χ2n) is 16.2. The normalized spacial score (nSPS) is 11.4. The van der Waals surface area contributed by atoms with Gasteiger partial charge < -0.3 is 23.2 Å². The van der Waals surface area contributed by atoms with Gasteiger partial charge in [-0.25, -0.2) is 4.79 Å². The average Bonchev–Trinajstić information content (AvgIpc) is 3.76. The molecule has 357 valence electrons. The van der Waals surface area contributed by atoms with Crippen molar-refractivity contribution in [3.63, 3.8) is 0 Å². The number of aromatic hydroxyl groups is 1. The summed E-state index contributed by atoms with van der Waals surface area (Å²) in [7, 11) is -5.55. The number of Topliss-reactive ketones (excluding diaryl/α,β-unsaturated/α-hetero) is 1. The number of fused-ring (bicyclic) bond motifs is 4. The zero-order valence-electron chi connectivity index (χ0n) is 38.0. The zero-order chi connectivity index (χ0) is 49.6. The second-order valence-corrected chi connectivity index (χ2v) is 21.8. The van der Waals surface area contributed by atoms with Crippen molar-refractivity contribution in [1.29, 1.82) is 0 Å². The van der Waals surface area contributed by atoms with Crippen LogP contribution in [0.3, 0.4) is 0 Å². The quantitative estimate of drug-likeness (QED) is 0.0923. The first-order valence-corrected chi connectivity index (χ1v) is 25.8. The zero-order valence-corrected chi connectivity index (χ0v) is 42.2. The molecule has 0 saturated carbocycles. The molecule has 7 nitrogen and oxygen atoms in total. The molecule has 0 fully saturated rings. The van der Waals surface area contributed by atoms with Gasteiger partial charge in [0.15, 0.2) is 19.8 Å². The summed E-state index contributed by atoms with van der Waals surface area (Å²) in [6.45, 7) is 0. The van der Waals surface area contributed by atoms with E-state index in [0.29, 0.717) is 5.69 Å². The van der Waals surface area contributed by atoms with Crippen molar-refractivity contribution in [3.8, 4) is 11.4 Å². The molecule has 0 aliphatic carbocycles. The van der Waals surface area contributed by atoms with E-state index >= 15 is 0 Å². The molecule has 1 radical (unpaired) electrons. The molecule has 2 aromatic heterocycles. The van der Waals surface area contributed by atoms with Gasteiger partial charge >= 0.3 is 11.8 Å². The smallest absolute Gasteiger partial charge is 0.455 e. The van der Waals surface area contributed by atoms with Crippen LogP contribution in [0.4, 0.5) is 13.2 Å². The van der Waals surface area contributed by atoms with Crippen LogP contribution in [0, 0.1) is 49.4 Å². The molecule has 0 aliphatic heterocycles. The number of alkyl halides is 3. The fourth-order valence-electron chi connectivity index (χ4n) is 8.58. The molecule has 0 amide bonds. The number of rotatable bonds is 8. The maximum atomic E-state index is 13.8. The van der Waals surface area contributed by atoms with Gasteiger partial charge in [0.2, 0.25) is 0 Å². The third-order valence-corrected chi connectivity index (χ3v) is 18.1. The molecule has 0 aliphatic rings. The molecule has 0 unspecified atom stereocenters. The largest absolute Gasteiger partial charge is 0.506 e. The van der Waals surface area contributed by atoms with Crippen LogP contribution in [0.2, 0.25) is 0 Å². The molecule has 1 N–H and O–H groups in total. The van der Waals surface area contributed by atoms with Crippen molar-refractivity contribution in [3.05, 3.63) is 265 Å². The molecule has 0 saturated heterocycles.